The lowest BCUT2D eigenvalue weighted by molar-refractivity contribution is -0.268. The highest BCUT2D eigenvalue weighted by atomic mass is 16.5. The molecule has 0 unspecified atom stereocenters. The fourth-order valence-corrected chi connectivity index (χ4v) is 1.81. The molecule has 0 aliphatic carbocycles. The van der Waals surface area contributed by atoms with Gasteiger partial charge in [0.15, 0.2) is 0 Å². The number of carboxylic acids is 1. The molecule has 1 aliphatic heterocycles. The van der Waals surface area contributed by atoms with Gasteiger partial charge in [-0.05, 0) is 18.9 Å². The Morgan fingerprint density at radius 2 is 2.22 bits per heavy atom. The van der Waals surface area contributed by atoms with Crippen LogP contribution < -0.4 is 10.4 Å². The Hall–Kier alpha value is -2.08. The summed E-state index contributed by atoms with van der Waals surface area (Å²) in [5.41, 5.74) is -0.101. The number of nitrogens with one attached hydrogen (secondary N) is 1. The van der Waals surface area contributed by atoms with Crippen LogP contribution >= 0.6 is 0 Å². The smallest absolute Gasteiger partial charge is 0.337 e. The Labute approximate surface area is 103 Å². The zero-order valence-electron chi connectivity index (χ0n) is 9.51. The number of aromatic carboxylic acids is 1. The number of benzene rings is 1. The lowest BCUT2D eigenvalue weighted by atomic mass is 10.1. The molecule has 1 fully saturated rings. The molecule has 1 saturated heterocycles. The van der Waals surface area contributed by atoms with Gasteiger partial charge in [0.2, 0.25) is 0 Å². The quantitative estimate of drug-likeness (QED) is 0.817. The van der Waals surface area contributed by atoms with Gasteiger partial charge in [-0.15, -0.1) is 5.75 Å². The fourth-order valence-electron chi connectivity index (χ4n) is 1.81. The largest absolute Gasteiger partial charge is 0.872 e. The molecule has 6 heteroatoms. The summed E-state index contributed by atoms with van der Waals surface area (Å²) < 4.78 is 5.19. The summed E-state index contributed by atoms with van der Waals surface area (Å²) in [4.78, 5) is 22.7. The highest BCUT2D eigenvalue weighted by Crippen LogP contribution is 2.21. The Morgan fingerprint density at radius 3 is 2.83 bits per heavy atom. The second kappa shape index (κ2) is 5.05. The average molecular weight is 250 g/mol. The third-order valence-corrected chi connectivity index (χ3v) is 2.70. The van der Waals surface area contributed by atoms with Crippen molar-refractivity contribution in [3.05, 3.63) is 23.8 Å². The molecule has 96 valence electrons. The van der Waals surface area contributed by atoms with Gasteiger partial charge in [-0.2, -0.15) is 0 Å². The van der Waals surface area contributed by atoms with Crippen LogP contribution in [0.3, 0.4) is 0 Å². The minimum absolute atomic E-state index is 0.114. The van der Waals surface area contributed by atoms with E-state index in [-0.39, 0.29) is 17.2 Å². The molecular formula is C12H12NO5-. The fraction of sp³-hybridized carbons (Fsp3) is 0.333. The zero-order valence-corrected chi connectivity index (χ0v) is 9.51. The third-order valence-electron chi connectivity index (χ3n) is 2.70. The molecule has 0 radical (unpaired) electrons. The van der Waals surface area contributed by atoms with Crippen LogP contribution in [0.15, 0.2) is 18.2 Å². The Kier molecular flexibility index (Phi) is 3.47. The lowest BCUT2D eigenvalue weighted by Gasteiger charge is -2.14. The topological polar surface area (TPSA) is 98.7 Å². The van der Waals surface area contributed by atoms with Crippen LogP contribution in [-0.2, 0) is 9.53 Å². The molecule has 0 bridgehead atoms. The van der Waals surface area contributed by atoms with Crippen LogP contribution in [0.2, 0.25) is 0 Å². The molecule has 0 spiro atoms. The molecular weight excluding hydrogens is 238 g/mol. The van der Waals surface area contributed by atoms with Crippen molar-refractivity contribution in [3.8, 4) is 5.75 Å². The van der Waals surface area contributed by atoms with Crippen molar-refractivity contribution in [1.82, 2.24) is 0 Å². The minimum atomic E-state index is -1.25. The Bertz CT molecular complexity index is 479. The molecule has 0 saturated carbocycles. The van der Waals surface area contributed by atoms with Gasteiger partial charge >= 0.3 is 5.97 Å². The van der Waals surface area contributed by atoms with Crippen molar-refractivity contribution in [1.29, 1.82) is 0 Å². The van der Waals surface area contributed by atoms with Crippen molar-refractivity contribution < 1.29 is 24.5 Å². The second-order valence-corrected chi connectivity index (χ2v) is 4.00. The maximum atomic E-state index is 11.8. The van der Waals surface area contributed by atoms with Crippen LogP contribution in [0.1, 0.15) is 23.2 Å². The van der Waals surface area contributed by atoms with Gasteiger partial charge in [0.25, 0.3) is 5.91 Å². The Balaban J connectivity index is 2.17. The van der Waals surface area contributed by atoms with Gasteiger partial charge in [-0.1, -0.05) is 12.1 Å². The number of amides is 1. The summed E-state index contributed by atoms with van der Waals surface area (Å²) >= 11 is 0. The first kappa shape index (κ1) is 12.4. The van der Waals surface area contributed by atoms with E-state index >= 15 is 0 Å². The summed E-state index contributed by atoms with van der Waals surface area (Å²) in [7, 11) is 0. The summed E-state index contributed by atoms with van der Waals surface area (Å²) in [6.45, 7) is 0.531. The average Bonchev–Trinajstić information content (AvgIpc) is 2.84. The third kappa shape index (κ3) is 2.60. The van der Waals surface area contributed by atoms with Crippen molar-refractivity contribution in [2.24, 2.45) is 0 Å². The highest BCUT2D eigenvalue weighted by molar-refractivity contribution is 6.02. The first-order valence-electron chi connectivity index (χ1n) is 5.55. The predicted octanol–water partition coefficient (Wildman–Crippen LogP) is 0.576. The molecule has 18 heavy (non-hydrogen) atoms. The van der Waals surface area contributed by atoms with Crippen molar-refractivity contribution >= 4 is 17.6 Å². The van der Waals surface area contributed by atoms with E-state index in [0.717, 1.165) is 12.5 Å². The van der Waals surface area contributed by atoms with Crippen LogP contribution in [-0.4, -0.2) is 29.7 Å². The summed E-state index contributed by atoms with van der Waals surface area (Å²) in [5, 5.41) is 22.5. The molecule has 0 aromatic heterocycles. The van der Waals surface area contributed by atoms with E-state index in [4.69, 9.17) is 9.84 Å². The summed E-state index contributed by atoms with van der Waals surface area (Å²) in [6, 6.07) is 3.48. The van der Waals surface area contributed by atoms with Crippen LogP contribution in [0.5, 0.6) is 5.75 Å². The molecule has 6 nitrogen and oxygen atoms in total. The second-order valence-electron chi connectivity index (χ2n) is 4.00. The van der Waals surface area contributed by atoms with E-state index in [9.17, 15) is 14.7 Å². The van der Waals surface area contributed by atoms with E-state index in [2.05, 4.69) is 5.32 Å². The molecule has 2 rings (SSSR count). The first-order valence-corrected chi connectivity index (χ1v) is 5.55. The minimum Gasteiger partial charge on any atom is -0.872 e. The van der Waals surface area contributed by atoms with E-state index in [1.165, 1.54) is 12.1 Å². The lowest BCUT2D eigenvalue weighted by Crippen LogP contribution is -2.27. The SMILES string of the molecule is O=C(O)c1cc([O-])ccc1NC(=O)[C@H]1CCCO1. The van der Waals surface area contributed by atoms with Gasteiger partial charge in [-0.25, -0.2) is 4.79 Å². The standard InChI is InChI=1S/C12H13NO5/c14-7-3-4-9(8(6-7)12(16)17)13-11(15)10-2-1-5-18-10/h3-4,6,10,14H,1-2,5H2,(H,13,15)(H,16,17)/p-1/t10-/m1/s1. The van der Waals surface area contributed by atoms with Crippen LogP contribution in [0.4, 0.5) is 5.69 Å². The number of carboxylic acid groups (broad SMARTS) is 1. The number of carbonyl (C=O) groups is 2. The van der Waals surface area contributed by atoms with Crippen molar-refractivity contribution in [2.45, 2.75) is 18.9 Å². The van der Waals surface area contributed by atoms with Gasteiger partial charge in [0.1, 0.15) is 6.10 Å². The molecule has 2 N–H and O–H groups in total. The first-order chi connectivity index (χ1) is 8.58. The van der Waals surface area contributed by atoms with Gasteiger partial charge in [-0.3, -0.25) is 4.79 Å². The van der Waals surface area contributed by atoms with E-state index in [1.54, 1.807) is 0 Å². The highest BCUT2D eigenvalue weighted by Gasteiger charge is 2.24. The van der Waals surface area contributed by atoms with Crippen LogP contribution in [0, 0.1) is 0 Å². The number of hydrogen-bond acceptors (Lipinski definition) is 4. The van der Waals surface area contributed by atoms with Crippen molar-refractivity contribution in [3.63, 3.8) is 0 Å². The number of anilines is 1. The predicted molar refractivity (Wildman–Crippen MR) is 60.5 cm³/mol. The molecule has 1 amide bonds. The van der Waals surface area contributed by atoms with Crippen LogP contribution in [0.25, 0.3) is 0 Å². The maximum Gasteiger partial charge on any atom is 0.337 e. The summed E-state index contributed by atoms with van der Waals surface area (Å²) in [5.74, 6) is -2.05. The molecule has 1 aliphatic rings. The van der Waals surface area contributed by atoms with Gasteiger partial charge < -0.3 is 20.3 Å². The van der Waals surface area contributed by atoms with E-state index < -0.39 is 17.8 Å². The number of rotatable bonds is 3. The van der Waals surface area contributed by atoms with Crippen molar-refractivity contribution in [2.75, 3.05) is 11.9 Å². The number of carbonyl (C=O) groups excluding carboxylic acids is 1. The monoisotopic (exact) mass is 250 g/mol. The van der Waals surface area contributed by atoms with E-state index in [0.29, 0.717) is 13.0 Å². The number of hydrogen-bond donors (Lipinski definition) is 2. The molecule has 1 atom stereocenters. The molecule has 1 aromatic carbocycles. The van der Waals surface area contributed by atoms with Gasteiger partial charge in [0, 0.05) is 6.61 Å². The molecule has 1 aromatic rings. The molecule has 1 heterocycles. The number of ether oxygens (including phenoxy) is 1. The van der Waals surface area contributed by atoms with E-state index in [1.807, 2.05) is 0 Å². The zero-order chi connectivity index (χ0) is 13.1. The summed E-state index contributed by atoms with van der Waals surface area (Å²) in [6.07, 6.45) is 0.885. The maximum absolute atomic E-state index is 11.8. The normalized spacial score (nSPS) is 18.6. The van der Waals surface area contributed by atoms with Gasteiger partial charge in [0.05, 0.1) is 11.3 Å². The Morgan fingerprint density at radius 1 is 1.44 bits per heavy atom.